The summed E-state index contributed by atoms with van der Waals surface area (Å²) < 4.78 is 0. The van der Waals surface area contributed by atoms with Crippen molar-refractivity contribution in [3.05, 3.63) is 60.2 Å². The molecule has 0 bridgehead atoms. The molecule has 1 aliphatic rings. The van der Waals surface area contributed by atoms with Crippen molar-refractivity contribution in [3.63, 3.8) is 0 Å². The van der Waals surface area contributed by atoms with Crippen molar-refractivity contribution in [3.8, 4) is 0 Å². The highest BCUT2D eigenvalue weighted by Gasteiger charge is 2.27. The van der Waals surface area contributed by atoms with E-state index in [2.05, 4.69) is 5.32 Å². The Morgan fingerprint density at radius 3 is 2.37 bits per heavy atom. The molecule has 1 aliphatic heterocycles. The van der Waals surface area contributed by atoms with Gasteiger partial charge in [-0.25, -0.2) is 0 Å². The maximum Gasteiger partial charge on any atom is 0.249 e. The lowest BCUT2D eigenvalue weighted by atomic mass is 10.0. The predicted octanol–water partition coefficient (Wildman–Crippen LogP) is 3.43. The number of primary amides is 1. The van der Waals surface area contributed by atoms with Crippen LogP contribution in [0, 0.1) is 0 Å². The average Bonchev–Trinajstić information content (AvgIpc) is 2.72. The van der Waals surface area contributed by atoms with Gasteiger partial charge in [0.25, 0.3) is 0 Å². The normalized spacial score (nSPS) is 15.2. The van der Waals surface area contributed by atoms with E-state index in [0.717, 1.165) is 42.1 Å². The Morgan fingerprint density at radius 2 is 1.67 bits per heavy atom. The number of anilines is 1. The number of nitrogens with zero attached hydrogens (tertiary/aromatic N) is 1. The number of carbonyl (C=O) groups excluding carboxylic acids is 2. The van der Waals surface area contributed by atoms with E-state index in [9.17, 15) is 9.59 Å². The van der Waals surface area contributed by atoms with Crippen LogP contribution in [-0.2, 0) is 9.59 Å². The quantitative estimate of drug-likeness (QED) is 0.718. The zero-order chi connectivity index (χ0) is 19.1. The minimum atomic E-state index is -0.459. The molecule has 1 fully saturated rings. The van der Waals surface area contributed by atoms with Crippen LogP contribution < -0.4 is 11.1 Å². The van der Waals surface area contributed by atoms with Crippen molar-refractivity contribution in [2.45, 2.75) is 30.2 Å². The molecule has 0 radical (unpaired) electrons. The lowest BCUT2D eigenvalue weighted by Gasteiger charge is -2.31. The minimum absolute atomic E-state index is 0.0932. The van der Waals surface area contributed by atoms with Gasteiger partial charge in [-0.3, -0.25) is 9.59 Å². The van der Waals surface area contributed by atoms with E-state index in [1.54, 1.807) is 0 Å². The SMILES string of the molecule is NC(=O)CSc1ccccc1N[C@H](C(=O)N1CCCCC1)c1ccccc1. The summed E-state index contributed by atoms with van der Waals surface area (Å²) in [4.78, 5) is 27.3. The zero-order valence-corrected chi connectivity index (χ0v) is 16.1. The molecule has 1 heterocycles. The molecular weight excluding hydrogens is 358 g/mol. The molecular formula is C21H25N3O2S. The van der Waals surface area contributed by atoms with E-state index in [1.807, 2.05) is 59.5 Å². The van der Waals surface area contributed by atoms with Crippen molar-refractivity contribution >= 4 is 29.3 Å². The molecule has 3 rings (SSSR count). The minimum Gasteiger partial charge on any atom is -0.369 e. The van der Waals surface area contributed by atoms with Crippen LogP contribution in [0.1, 0.15) is 30.9 Å². The van der Waals surface area contributed by atoms with Gasteiger partial charge in [-0.2, -0.15) is 0 Å². The second-order valence-electron chi connectivity index (χ2n) is 6.63. The Labute approximate surface area is 164 Å². The number of piperidine rings is 1. The number of nitrogens with two attached hydrogens (primary N) is 1. The van der Waals surface area contributed by atoms with Crippen molar-refractivity contribution < 1.29 is 9.59 Å². The summed E-state index contributed by atoms with van der Waals surface area (Å²) in [6, 6.07) is 17.0. The molecule has 3 N–H and O–H groups in total. The van der Waals surface area contributed by atoms with Crippen LogP contribution in [0.25, 0.3) is 0 Å². The number of amides is 2. The van der Waals surface area contributed by atoms with Gasteiger partial charge in [0.2, 0.25) is 11.8 Å². The third-order valence-corrected chi connectivity index (χ3v) is 5.70. The Kier molecular flexibility index (Phi) is 6.76. The van der Waals surface area contributed by atoms with Crippen LogP contribution in [0.5, 0.6) is 0 Å². The summed E-state index contributed by atoms with van der Waals surface area (Å²) in [7, 11) is 0. The zero-order valence-electron chi connectivity index (χ0n) is 15.3. The number of carbonyl (C=O) groups is 2. The van der Waals surface area contributed by atoms with E-state index >= 15 is 0 Å². The highest BCUT2D eigenvalue weighted by atomic mass is 32.2. The topological polar surface area (TPSA) is 75.4 Å². The number of hydrogen-bond donors (Lipinski definition) is 2. The lowest BCUT2D eigenvalue weighted by Crippen LogP contribution is -2.41. The van der Waals surface area contributed by atoms with Gasteiger partial charge in [-0.1, -0.05) is 42.5 Å². The molecule has 0 unspecified atom stereocenters. The fourth-order valence-corrected chi connectivity index (χ4v) is 4.00. The van der Waals surface area contributed by atoms with Crippen LogP contribution in [0.3, 0.4) is 0 Å². The Hall–Kier alpha value is -2.47. The first-order chi connectivity index (χ1) is 13.1. The van der Waals surface area contributed by atoms with E-state index < -0.39 is 6.04 Å². The summed E-state index contributed by atoms with van der Waals surface area (Å²) in [6.07, 6.45) is 3.29. The molecule has 5 nitrogen and oxygen atoms in total. The Morgan fingerprint density at radius 1 is 1.00 bits per heavy atom. The fraction of sp³-hybridized carbons (Fsp3) is 0.333. The summed E-state index contributed by atoms with van der Waals surface area (Å²) in [6.45, 7) is 1.61. The molecule has 2 aromatic carbocycles. The van der Waals surface area contributed by atoms with Gasteiger partial charge in [0, 0.05) is 23.7 Å². The number of thioether (sulfide) groups is 1. The highest BCUT2D eigenvalue weighted by molar-refractivity contribution is 8.00. The number of hydrogen-bond acceptors (Lipinski definition) is 4. The molecule has 6 heteroatoms. The van der Waals surface area contributed by atoms with Crippen molar-refractivity contribution in [1.29, 1.82) is 0 Å². The first-order valence-corrected chi connectivity index (χ1v) is 10.2. The predicted molar refractivity (Wildman–Crippen MR) is 110 cm³/mol. The molecule has 0 spiro atoms. The summed E-state index contributed by atoms with van der Waals surface area (Å²) >= 11 is 1.38. The Bertz CT molecular complexity index is 776. The van der Waals surface area contributed by atoms with Crippen molar-refractivity contribution in [1.82, 2.24) is 4.90 Å². The van der Waals surface area contributed by atoms with E-state index in [0.29, 0.717) is 0 Å². The molecule has 0 aromatic heterocycles. The highest BCUT2D eigenvalue weighted by Crippen LogP contribution is 2.31. The summed E-state index contributed by atoms with van der Waals surface area (Å²) in [5.74, 6) is -0.0659. The molecule has 2 aromatic rings. The van der Waals surface area contributed by atoms with Gasteiger partial charge < -0.3 is 16.0 Å². The monoisotopic (exact) mass is 383 g/mol. The first-order valence-electron chi connectivity index (χ1n) is 9.25. The first kappa shape index (κ1) is 19.3. The molecule has 1 atom stereocenters. The number of benzene rings is 2. The van der Waals surface area contributed by atoms with Gasteiger partial charge in [0.1, 0.15) is 6.04 Å². The largest absolute Gasteiger partial charge is 0.369 e. The fourth-order valence-electron chi connectivity index (χ4n) is 3.25. The van der Waals surface area contributed by atoms with Crippen LogP contribution in [0.4, 0.5) is 5.69 Å². The number of rotatable bonds is 7. The smallest absolute Gasteiger partial charge is 0.249 e. The second-order valence-corrected chi connectivity index (χ2v) is 7.64. The third kappa shape index (κ3) is 5.26. The van der Waals surface area contributed by atoms with Gasteiger partial charge in [0.05, 0.1) is 5.75 Å². The van der Waals surface area contributed by atoms with Crippen molar-refractivity contribution in [2.24, 2.45) is 5.73 Å². The average molecular weight is 384 g/mol. The molecule has 1 saturated heterocycles. The summed E-state index contributed by atoms with van der Waals surface area (Å²) in [5.41, 5.74) is 7.06. The molecule has 2 amide bonds. The van der Waals surface area contributed by atoms with Gasteiger partial charge >= 0.3 is 0 Å². The van der Waals surface area contributed by atoms with Crippen LogP contribution in [0.15, 0.2) is 59.5 Å². The molecule has 0 aliphatic carbocycles. The van der Waals surface area contributed by atoms with E-state index in [1.165, 1.54) is 18.2 Å². The maximum absolute atomic E-state index is 13.3. The van der Waals surface area contributed by atoms with Crippen LogP contribution in [-0.4, -0.2) is 35.6 Å². The lowest BCUT2D eigenvalue weighted by molar-refractivity contribution is -0.133. The van der Waals surface area contributed by atoms with Crippen LogP contribution in [0.2, 0.25) is 0 Å². The standard InChI is InChI=1S/C21H25N3O2S/c22-19(25)15-27-18-12-6-5-11-17(18)23-20(16-9-3-1-4-10-16)21(26)24-13-7-2-8-14-24/h1,3-6,9-12,20,23H,2,7-8,13-15H2,(H2,22,25)/t20-/m0/s1. The number of likely N-dealkylation sites (tertiary alicyclic amines) is 1. The van der Waals surface area contributed by atoms with Gasteiger partial charge in [-0.15, -0.1) is 11.8 Å². The van der Waals surface area contributed by atoms with Crippen LogP contribution >= 0.6 is 11.8 Å². The van der Waals surface area contributed by atoms with E-state index in [4.69, 9.17) is 5.73 Å². The van der Waals surface area contributed by atoms with Gasteiger partial charge in [-0.05, 0) is 37.0 Å². The maximum atomic E-state index is 13.3. The number of nitrogens with one attached hydrogen (secondary N) is 1. The van der Waals surface area contributed by atoms with Crippen molar-refractivity contribution in [2.75, 3.05) is 24.2 Å². The molecule has 142 valence electrons. The van der Waals surface area contributed by atoms with Gasteiger partial charge in [0.15, 0.2) is 0 Å². The van der Waals surface area contributed by atoms with E-state index in [-0.39, 0.29) is 17.6 Å². The third-order valence-electron chi connectivity index (χ3n) is 4.60. The molecule has 27 heavy (non-hydrogen) atoms. The number of para-hydroxylation sites is 1. The summed E-state index contributed by atoms with van der Waals surface area (Å²) in [5, 5.41) is 3.42. The Balaban J connectivity index is 1.86. The second kappa shape index (κ2) is 9.46. The molecule has 0 saturated carbocycles.